The number of halogens is 1. The van der Waals surface area contributed by atoms with E-state index in [1.165, 1.54) is 16.3 Å². The summed E-state index contributed by atoms with van der Waals surface area (Å²) in [6, 6.07) is 18.3. The number of benzene rings is 3. The Bertz CT molecular complexity index is 1200. The van der Waals surface area contributed by atoms with E-state index in [2.05, 4.69) is 35.2 Å². The third kappa shape index (κ3) is 5.10. The molecule has 1 N–H and O–H groups in total. The molecule has 1 fully saturated rings. The van der Waals surface area contributed by atoms with Crippen molar-refractivity contribution in [1.82, 2.24) is 9.80 Å². The summed E-state index contributed by atoms with van der Waals surface area (Å²) in [5.41, 5.74) is 2.84. The molecule has 0 saturated carbocycles. The largest absolute Gasteiger partial charge is 0.493 e. The molecule has 3 aromatic carbocycles. The Balaban J connectivity index is 0.00000289. The molecule has 1 amide bonds. The lowest BCUT2D eigenvalue weighted by Gasteiger charge is -2.37. The zero-order chi connectivity index (χ0) is 23.7. The highest BCUT2D eigenvalue weighted by Gasteiger charge is 2.33. The molecule has 2 atom stereocenters. The monoisotopic (exact) mass is 496 g/mol. The van der Waals surface area contributed by atoms with Crippen LogP contribution in [0.2, 0.25) is 0 Å². The van der Waals surface area contributed by atoms with Crippen LogP contribution in [-0.4, -0.2) is 60.9 Å². The van der Waals surface area contributed by atoms with Crippen molar-refractivity contribution in [2.75, 3.05) is 33.9 Å². The standard InChI is InChI=1S/C28H32N2O4.ClH/c1-33-25-13-22-18-30(28(32)24(22)15-26(25)34-2)17-19-7-6-12-29(16-19)27(31)14-21-10-5-9-20-8-3-4-11-23(20)21;/h3-5,8-11,13,15,19,27,31H,6-7,12,14,16-18H2,1-2H3;1H. The van der Waals surface area contributed by atoms with Crippen molar-refractivity contribution < 1.29 is 19.4 Å². The molecule has 6 nitrogen and oxygen atoms in total. The van der Waals surface area contributed by atoms with Crippen molar-refractivity contribution in [3.05, 3.63) is 71.3 Å². The van der Waals surface area contributed by atoms with Crippen LogP contribution >= 0.6 is 12.4 Å². The number of piperidine rings is 1. The van der Waals surface area contributed by atoms with Crippen LogP contribution in [0.3, 0.4) is 0 Å². The Kier molecular flexibility index (Phi) is 7.85. The minimum atomic E-state index is -0.534. The molecule has 0 bridgehead atoms. The highest BCUT2D eigenvalue weighted by atomic mass is 35.5. The van der Waals surface area contributed by atoms with Crippen LogP contribution in [0, 0.1) is 5.92 Å². The summed E-state index contributed by atoms with van der Waals surface area (Å²) in [6.45, 7) is 2.95. The van der Waals surface area contributed by atoms with Gasteiger partial charge in [-0.1, -0.05) is 42.5 Å². The molecular weight excluding hydrogens is 464 g/mol. The van der Waals surface area contributed by atoms with E-state index in [4.69, 9.17) is 9.47 Å². The van der Waals surface area contributed by atoms with Gasteiger partial charge in [-0.2, -0.15) is 0 Å². The van der Waals surface area contributed by atoms with E-state index in [-0.39, 0.29) is 18.3 Å². The van der Waals surface area contributed by atoms with Gasteiger partial charge in [-0.15, -0.1) is 12.4 Å². The number of amides is 1. The highest BCUT2D eigenvalue weighted by Crippen LogP contribution is 2.35. The maximum absolute atomic E-state index is 13.1. The Morgan fingerprint density at radius 1 is 1.06 bits per heavy atom. The zero-order valence-electron chi connectivity index (χ0n) is 20.3. The number of ether oxygens (including phenoxy) is 2. The first-order valence-corrected chi connectivity index (χ1v) is 12.0. The maximum atomic E-state index is 13.1. The van der Waals surface area contributed by atoms with Gasteiger partial charge in [-0.3, -0.25) is 9.69 Å². The van der Waals surface area contributed by atoms with Crippen molar-refractivity contribution in [1.29, 1.82) is 0 Å². The van der Waals surface area contributed by atoms with Gasteiger partial charge in [-0.25, -0.2) is 0 Å². The Morgan fingerprint density at radius 3 is 2.60 bits per heavy atom. The maximum Gasteiger partial charge on any atom is 0.254 e. The summed E-state index contributed by atoms with van der Waals surface area (Å²) in [5.74, 6) is 1.61. The van der Waals surface area contributed by atoms with E-state index in [9.17, 15) is 9.90 Å². The summed E-state index contributed by atoms with van der Waals surface area (Å²) in [6.07, 6.45) is 2.15. The lowest BCUT2D eigenvalue weighted by Crippen LogP contribution is -2.46. The fraction of sp³-hybridized carbons (Fsp3) is 0.393. The van der Waals surface area contributed by atoms with Crippen molar-refractivity contribution in [3.63, 3.8) is 0 Å². The lowest BCUT2D eigenvalue weighted by atomic mass is 9.95. The summed E-state index contributed by atoms with van der Waals surface area (Å²) in [4.78, 5) is 17.2. The molecule has 2 aliphatic heterocycles. The lowest BCUT2D eigenvalue weighted by molar-refractivity contribution is -0.0241. The average molecular weight is 497 g/mol. The van der Waals surface area contributed by atoms with E-state index in [1.54, 1.807) is 20.3 Å². The number of rotatable bonds is 7. The van der Waals surface area contributed by atoms with Crippen LogP contribution in [-0.2, 0) is 13.0 Å². The van der Waals surface area contributed by atoms with Crippen LogP contribution < -0.4 is 9.47 Å². The topological polar surface area (TPSA) is 62.2 Å². The van der Waals surface area contributed by atoms with Gasteiger partial charge in [-0.05, 0) is 52.8 Å². The first-order chi connectivity index (χ1) is 16.6. The second-order valence-electron chi connectivity index (χ2n) is 9.38. The van der Waals surface area contributed by atoms with Gasteiger partial charge < -0.3 is 19.5 Å². The van der Waals surface area contributed by atoms with E-state index in [1.807, 2.05) is 23.1 Å². The number of methoxy groups -OCH3 is 2. The Labute approximate surface area is 212 Å². The van der Waals surface area contributed by atoms with Crippen molar-refractivity contribution in [3.8, 4) is 11.5 Å². The van der Waals surface area contributed by atoms with Crippen LogP contribution in [0.25, 0.3) is 10.8 Å². The van der Waals surface area contributed by atoms with E-state index >= 15 is 0 Å². The van der Waals surface area contributed by atoms with Crippen molar-refractivity contribution in [2.45, 2.75) is 32.0 Å². The van der Waals surface area contributed by atoms with Crippen LogP contribution in [0.1, 0.15) is 34.3 Å². The van der Waals surface area contributed by atoms with Gasteiger partial charge in [0.1, 0.15) is 6.23 Å². The van der Waals surface area contributed by atoms with Gasteiger partial charge in [0.15, 0.2) is 11.5 Å². The molecule has 0 aromatic heterocycles. The first-order valence-electron chi connectivity index (χ1n) is 12.0. The second kappa shape index (κ2) is 10.9. The predicted octanol–water partition coefficient (Wildman–Crippen LogP) is 4.51. The third-order valence-electron chi connectivity index (χ3n) is 7.22. The number of likely N-dealkylation sites (tertiary alicyclic amines) is 1. The van der Waals surface area contributed by atoms with Crippen molar-refractivity contribution >= 4 is 29.1 Å². The van der Waals surface area contributed by atoms with Crippen LogP contribution in [0.15, 0.2) is 54.6 Å². The quantitative estimate of drug-likeness (QED) is 0.521. The number of aliphatic hydroxyl groups excluding tert-OH is 1. The molecule has 0 aliphatic carbocycles. The van der Waals surface area contributed by atoms with Gasteiger partial charge in [0.25, 0.3) is 5.91 Å². The minimum absolute atomic E-state index is 0. The molecule has 1 saturated heterocycles. The smallest absolute Gasteiger partial charge is 0.254 e. The van der Waals surface area contributed by atoms with Gasteiger partial charge in [0.2, 0.25) is 0 Å². The zero-order valence-corrected chi connectivity index (χ0v) is 21.1. The fourth-order valence-electron chi connectivity index (χ4n) is 5.47. The average Bonchev–Trinajstić information content (AvgIpc) is 3.17. The van der Waals surface area contributed by atoms with Crippen molar-refractivity contribution in [2.24, 2.45) is 5.92 Å². The molecule has 0 spiro atoms. The highest BCUT2D eigenvalue weighted by molar-refractivity contribution is 5.99. The SMILES string of the molecule is COc1cc2c(cc1OC)C(=O)N(CC1CCCN(C(O)Cc3cccc4ccccc34)C1)C2.Cl. The van der Waals surface area contributed by atoms with E-state index in [0.29, 0.717) is 42.5 Å². The predicted molar refractivity (Wildman–Crippen MR) is 139 cm³/mol. The molecule has 7 heteroatoms. The minimum Gasteiger partial charge on any atom is -0.493 e. The number of hydrogen-bond acceptors (Lipinski definition) is 5. The first kappa shape index (κ1) is 25.3. The number of carbonyl (C=O) groups excluding carboxylic acids is 1. The number of fused-ring (bicyclic) bond motifs is 2. The molecule has 35 heavy (non-hydrogen) atoms. The van der Waals surface area contributed by atoms with Gasteiger partial charge in [0.05, 0.1) is 14.2 Å². The normalized spacial score (nSPS) is 18.8. The fourth-order valence-corrected chi connectivity index (χ4v) is 5.47. The molecule has 5 rings (SSSR count). The number of hydrogen-bond donors (Lipinski definition) is 1. The molecule has 186 valence electrons. The number of nitrogens with zero attached hydrogens (tertiary/aromatic N) is 2. The molecule has 2 unspecified atom stereocenters. The number of carbonyl (C=O) groups is 1. The number of aliphatic hydroxyl groups is 1. The summed E-state index contributed by atoms with van der Waals surface area (Å²) < 4.78 is 10.8. The summed E-state index contributed by atoms with van der Waals surface area (Å²) >= 11 is 0. The van der Waals surface area contributed by atoms with E-state index in [0.717, 1.165) is 31.5 Å². The molecule has 2 aliphatic rings. The third-order valence-corrected chi connectivity index (χ3v) is 7.22. The summed E-state index contributed by atoms with van der Waals surface area (Å²) in [7, 11) is 3.20. The van der Waals surface area contributed by atoms with Crippen LogP contribution in [0.4, 0.5) is 0 Å². The second-order valence-corrected chi connectivity index (χ2v) is 9.38. The van der Waals surface area contributed by atoms with Gasteiger partial charge in [0, 0.05) is 38.2 Å². The van der Waals surface area contributed by atoms with Crippen LogP contribution in [0.5, 0.6) is 11.5 Å². The van der Waals surface area contributed by atoms with Gasteiger partial charge >= 0.3 is 0 Å². The summed E-state index contributed by atoms with van der Waals surface area (Å²) in [5, 5.41) is 13.5. The molecule has 2 heterocycles. The van der Waals surface area contributed by atoms with E-state index < -0.39 is 6.23 Å². The molecular formula is C28H33ClN2O4. The Morgan fingerprint density at radius 2 is 1.80 bits per heavy atom. The Hall–Kier alpha value is -2.80. The molecule has 3 aromatic rings. The molecule has 0 radical (unpaired) electrons.